The van der Waals surface area contributed by atoms with E-state index in [0.717, 1.165) is 31.7 Å². The van der Waals surface area contributed by atoms with Crippen LogP contribution in [0.1, 0.15) is 19.3 Å². The highest BCUT2D eigenvalue weighted by Gasteiger charge is 2.34. The van der Waals surface area contributed by atoms with Crippen molar-refractivity contribution in [2.24, 2.45) is 0 Å². The maximum Gasteiger partial charge on any atom is 0.397 e. The predicted octanol–water partition coefficient (Wildman–Crippen LogP) is 1.68. The first kappa shape index (κ1) is 16.8. The summed E-state index contributed by atoms with van der Waals surface area (Å²) in [7, 11) is 0. The number of aromatic nitrogens is 2. The maximum atomic E-state index is 12.3. The van der Waals surface area contributed by atoms with Gasteiger partial charge in [-0.25, -0.2) is 0 Å². The summed E-state index contributed by atoms with van der Waals surface area (Å²) < 4.78 is 36.9. The molecule has 0 bridgehead atoms. The van der Waals surface area contributed by atoms with Crippen LogP contribution in [0.15, 0.2) is 12.1 Å². The van der Waals surface area contributed by atoms with Crippen molar-refractivity contribution in [2.45, 2.75) is 25.4 Å². The third-order valence-corrected chi connectivity index (χ3v) is 4.37. The number of nitrogens with zero attached hydrogens (tertiary/aromatic N) is 5. The van der Waals surface area contributed by atoms with E-state index < -0.39 is 18.5 Å². The Labute approximate surface area is 138 Å². The molecule has 2 aliphatic heterocycles. The van der Waals surface area contributed by atoms with Crippen molar-refractivity contribution in [3.63, 3.8) is 0 Å². The Morgan fingerprint density at radius 2 is 1.42 bits per heavy atom. The lowest BCUT2D eigenvalue weighted by atomic mass is 10.2. The molecule has 6 nitrogen and oxygen atoms in total. The van der Waals surface area contributed by atoms with E-state index in [1.807, 2.05) is 17.0 Å². The Morgan fingerprint density at radius 1 is 0.917 bits per heavy atom. The highest BCUT2D eigenvalue weighted by Crippen LogP contribution is 2.22. The lowest BCUT2D eigenvalue weighted by Gasteiger charge is -2.35. The van der Waals surface area contributed by atoms with Crippen LogP contribution < -0.4 is 9.80 Å². The summed E-state index contributed by atoms with van der Waals surface area (Å²) >= 11 is 0. The number of anilines is 2. The van der Waals surface area contributed by atoms with Gasteiger partial charge >= 0.3 is 6.18 Å². The summed E-state index contributed by atoms with van der Waals surface area (Å²) in [5, 5.41) is 8.47. The summed E-state index contributed by atoms with van der Waals surface area (Å²) in [5.74, 6) is 0.689. The molecule has 3 heterocycles. The minimum absolute atomic E-state index is 0.268. The van der Waals surface area contributed by atoms with Crippen LogP contribution in [0.2, 0.25) is 0 Å². The number of carbonyl (C=O) groups excluding carboxylic acids is 1. The molecule has 0 spiro atoms. The molecule has 0 radical (unpaired) electrons. The van der Waals surface area contributed by atoms with E-state index >= 15 is 0 Å². The lowest BCUT2D eigenvalue weighted by molar-refractivity contribution is -0.161. The van der Waals surface area contributed by atoms with Gasteiger partial charge in [0.15, 0.2) is 11.6 Å². The Morgan fingerprint density at radius 3 is 1.88 bits per heavy atom. The van der Waals surface area contributed by atoms with Crippen LogP contribution >= 0.6 is 0 Å². The normalized spacial score (nSPS) is 19.0. The minimum atomic E-state index is -4.45. The second-order valence-corrected chi connectivity index (χ2v) is 6.10. The molecule has 0 aromatic carbocycles. The molecule has 0 unspecified atom stereocenters. The lowest BCUT2D eigenvalue weighted by Crippen LogP contribution is -2.49. The van der Waals surface area contributed by atoms with Gasteiger partial charge in [-0.3, -0.25) is 4.79 Å². The fourth-order valence-corrected chi connectivity index (χ4v) is 3.07. The number of piperazine rings is 1. The highest BCUT2D eigenvalue weighted by atomic mass is 19.4. The number of alkyl halides is 3. The van der Waals surface area contributed by atoms with Crippen molar-refractivity contribution in [3.8, 4) is 0 Å². The number of amides is 1. The number of hydrogen-bond donors (Lipinski definition) is 0. The van der Waals surface area contributed by atoms with Crippen LogP contribution in [-0.2, 0) is 4.79 Å². The molecule has 2 aliphatic rings. The van der Waals surface area contributed by atoms with Gasteiger partial charge in [0.25, 0.3) is 0 Å². The van der Waals surface area contributed by atoms with E-state index in [1.165, 1.54) is 4.90 Å². The van der Waals surface area contributed by atoms with Gasteiger partial charge in [-0.05, 0) is 25.0 Å². The minimum Gasteiger partial charge on any atom is -0.355 e. The summed E-state index contributed by atoms with van der Waals surface area (Å²) in [5.41, 5.74) is 0. The average molecular weight is 343 g/mol. The summed E-state index contributed by atoms with van der Waals surface area (Å²) in [6.07, 6.45) is -3.52. The Bertz CT molecular complexity index is 563. The van der Waals surface area contributed by atoms with Gasteiger partial charge in [0.1, 0.15) is 6.42 Å². The quantitative estimate of drug-likeness (QED) is 0.836. The Hall–Kier alpha value is -2.06. The summed E-state index contributed by atoms with van der Waals surface area (Å²) in [6, 6.07) is 3.81. The molecule has 0 aliphatic carbocycles. The summed E-state index contributed by atoms with van der Waals surface area (Å²) in [6.45, 7) is 3.44. The standard InChI is InChI=1S/C15H20F3N5O/c16-15(17,18)11-14(24)23-9-7-22(8-10-23)13-4-3-12(19-20-13)21-5-1-2-6-21/h3-4H,1-2,5-11H2. The van der Waals surface area contributed by atoms with Gasteiger partial charge in [0.2, 0.25) is 5.91 Å². The van der Waals surface area contributed by atoms with Crippen LogP contribution in [0.25, 0.3) is 0 Å². The SMILES string of the molecule is O=C(CC(F)(F)F)N1CCN(c2ccc(N3CCCC3)nn2)CC1. The summed E-state index contributed by atoms with van der Waals surface area (Å²) in [4.78, 5) is 17.0. The molecule has 9 heteroatoms. The number of rotatable bonds is 3. The van der Waals surface area contributed by atoms with Crippen LogP contribution in [0.5, 0.6) is 0 Å². The van der Waals surface area contributed by atoms with E-state index in [4.69, 9.17) is 0 Å². The first-order valence-electron chi connectivity index (χ1n) is 8.10. The van der Waals surface area contributed by atoms with E-state index in [2.05, 4.69) is 15.1 Å². The smallest absolute Gasteiger partial charge is 0.355 e. The molecule has 2 fully saturated rings. The van der Waals surface area contributed by atoms with Crippen LogP contribution in [-0.4, -0.2) is 66.4 Å². The molecule has 1 aromatic rings. The second kappa shape index (κ2) is 6.82. The zero-order valence-corrected chi connectivity index (χ0v) is 13.3. The zero-order valence-electron chi connectivity index (χ0n) is 13.3. The first-order chi connectivity index (χ1) is 11.4. The van der Waals surface area contributed by atoms with Gasteiger partial charge in [-0.15, -0.1) is 10.2 Å². The van der Waals surface area contributed by atoms with Crippen molar-refractivity contribution in [3.05, 3.63) is 12.1 Å². The molecule has 24 heavy (non-hydrogen) atoms. The molecular weight excluding hydrogens is 323 g/mol. The average Bonchev–Trinajstić information content (AvgIpc) is 3.08. The van der Waals surface area contributed by atoms with E-state index in [0.29, 0.717) is 18.9 Å². The molecule has 1 aromatic heterocycles. The molecule has 3 rings (SSSR count). The van der Waals surface area contributed by atoms with Gasteiger partial charge in [-0.2, -0.15) is 13.2 Å². The van der Waals surface area contributed by atoms with Crippen LogP contribution in [0, 0.1) is 0 Å². The Balaban J connectivity index is 1.53. The van der Waals surface area contributed by atoms with Crippen molar-refractivity contribution in [1.29, 1.82) is 0 Å². The van der Waals surface area contributed by atoms with E-state index in [1.54, 1.807) is 0 Å². The second-order valence-electron chi connectivity index (χ2n) is 6.10. The van der Waals surface area contributed by atoms with E-state index in [-0.39, 0.29) is 13.1 Å². The molecule has 0 N–H and O–H groups in total. The van der Waals surface area contributed by atoms with Crippen molar-refractivity contribution >= 4 is 17.5 Å². The predicted molar refractivity (Wildman–Crippen MR) is 82.9 cm³/mol. The van der Waals surface area contributed by atoms with Gasteiger partial charge in [0, 0.05) is 39.3 Å². The van der Waals surface area contributed by atoms with Crippen molar-refractivity contribution in [2.75, 3.05) is 49.1 Å². The molecule has 2 saturated heterocycles. The van der Waals surface area contributed by atoms with E-state index in [9.17, 15) is 18.0 Å². The number of halogens is 3. The number of carbonyl (C=O) groups is 1. The fourth-order valence-electron chi connectivity index (χ4n) is 3.07. The maximum absolute atomic E-state index is 12.3. The zero-order chi connectivity index (χ0) is 17.2. The van der Waals surface area contributed by atoms with Crippen LogP contribution in [0.3, 0.4) is 0 Å². The van der Waals surface area contributed by atoms with Gasteiger partial charge in [0.05, 0.1) is 0 Å². The van der Waals surface area contributed by atoms with Gasteiger partial charge in [-0.1, -0.05) is 0 Å². The van der Waals surface area contributed by atoms with Crippen molar-refractivity contribution < 1.29 is 18.0 Å². The first-order valence-corrected chi connectivity index (χ1v) is 8.10. The van der Waals surface area contributed by atoms with Crippen LogP contribution in [0.4, 0.5) is 24.8 Å². The Kier molecular flexibility index (Phi) is 4.77. The molecule has 0 atom stereocenters. The molecular formula is C15H20F3N5O. The third-order valence-electron chi connectivity index (χ3n) is 4.37. The van der Waals surface area contributed by atoms with Gasteiger partial charge < -0.3 is 14.7 Å². The molecule has 132 valence electrons. The molecule has 0 saturated carbocycles. The topological polar surface area (TPSA) is 52.6 Å². The monoisotopic (exact) mass is 343 g/mol. The number of hydrogen-bond acceptors (Lipinski definition) is 5. The third kappa shape index (κ3) is 4.07. The molecule has 1 amide bonds. The largest absolute Gasteiger partial charge is 0.397 e. The highest BCUT2D eigenvalue weighted by molar-refractivity contribution is 5.77. The van der Waals surface area contributed by atoms with Crippen molar-refractivity contribution in [1.82, 2.24) is 15.1 Å². The fraction of sp³-hybridized carbons (Fsp3) is 0.667.